The maximum Gasteiger partial charge on any atom is 0.253 e. The van der Waals surface area contributed by atoms with E-state index in [0.717, 1.165) is 74.5 Å². The molecule has 2 fully saturated rings. The molecule has 0 spiro atoms. The molecule has 2 saturated heterocycles. The number of carbonyl (C=O) groups excluding carboxylic acids is 1. The number of hydrogen-bond donors (Lipinski definition) is 0. The highest BCUT2D eigenvalue weighted by atomic mass is 16.2. The maximum atomic E-state index is 13.2. The molecule has 1 amide bonds. The second-order valence-electron chi connectivity index (χ2n) is 8.30. The van der Waals surface area contributed by atoms with Crippen LogP contribution in [0.25, 0.3) is 11.0 Å². The summed E-state index contributed by atoms with van der Waals surface area (Å²) in [6.07, 6.45) is 5.77. The monoisotopic (exact) mass is 383 g/mol. The lowest BCUT2D eigenvalue weighted by molar-refractivity contribution is 0.0718. The quantitative estimate of drug-likeness (QED) is 0.814. The van der Waals surface area contributed by atoms with Crippen LogP contribution in [0.2, 0.25) is 0 Å². The lowest BCUT2D eigenvalue weighted by Gasteiger charge is -2.27. The first-order valence-electron chi connectivity index (χ1n) is 10.8. The number of likely N-dealkylation sites (tertiary alicyclic amines) is 1. The minimum Gasteiger partial charge on any atom is -0.342 e. The molecule has 0 bridgehead atoms. The molecule has 3 heterocycles. The fraction of sp³-hybridized carbons (Fsp3) is 0.636. The minimum absolute atomic E-state index is 0.116. The van der Waals surface area contributed by atoms with Gasteiger partial charge in [-0.15, -0.1) is 0 Å². The molecule has 1 aromatic carbocycles. The van der Waals surface area contributed by atoms with E-state index in [-0.39, 0.29) is 5.91 Å². The van der Waals surface area contributed by atoms with Crippen molar-refractivity contribution in [2.45, 2.75) is 45.1 Å². The molecule has 152 valence electrons. The van der Waals surface area contributed by atoms with E-state index in [4.69, 9.17) is 4.98 Å². The summed E-state index contributed by atoms with van der Waals surface area (Å²) in [5.74, 6) is 1.14. The van der Waals surface area contributed by atoms with E-state index in [0.29, 0.717) is 6.04 Å². The van der Waals surface area contributed by atoms with Crippen LogP contribution in [0.15, 0.2) is 18.2 Å². The normalized spacial score (nSPS) is 21.2. The van der Waals surface area contributed by atoms with Gasteiger partial charge in [0, 0.05) is 45.3 Å². The topological polar surface area (TPSA) is 44.6 Å². The molecule has 28 heavy (non-hydrogen) atoms. The van der Waals surface area contributed by atoms with Gasteiger partial charge < -0.3 is 19.3 Å². The lowest BCUT2D eigenvalue weighted by atomic mass is 10.1. The second-order valence-corrected chi connectivity index (χ2v) is 8.30. The predicted octanol–water partition coefficient (Wildman–Crippen LogP) is 3.12. The van der Waals surface area contributed by atoms with Crippen LogP contribution in [0.5, 0.6) is 0 Å². The van der Waals surface area contributed by atoms with Crippen LogP contribution < -0.4 is 4.90 Å². The predicted molar refractivity (Wildman–Crippen MR) is 114 cm³/mol. The smallest absolute Gasteiger partial charge is 0.253 e. The highest BCUT2D eigenvalue weighted by Gasteiger charge is 2.25. The molecule has 2 aliphatic heterocycles. The Kier molecular flexibility index (Phi) is 5.58. The summed E-state index contributed by atoms with van der Waals surface area (Å²) in [5.41, 5.74) is 2.76. The first kappa shape index (κ1) is 19.2. The van der Waals surface area contributed by atoms with E-state index >= 15 is 0 Å². The molecule has 4 rings (SSSR count). The van der Waals surface area contributed by atoms with Crippen molar-refractivity contribution < 1.29 is 4.79 Å². The summed E-state index contributed by atoms with van der Waals surface area (Å²) in [6.45, 7) is 7.68. The van der Waals surface area contributed by atoms with E-state index in [1.165, 1.54) is 12.8 Å². The second kappa shape index (κ2) is 8.11. The number of aromatic nitrogens is 2. The van der Waals surface area contributed by atoms with E-state index in [1.807, 2.05) is 24.1 Å². The molecule has 1 unspecified atom stereocenters. The van der Waals surface area contributed by atoms with Crippen LogP contribution in [0, 0.1) is 0 Å². The molecule has 6 nitrogen and oxygen atoms in total. The van der Waals surface area contributed by atoms with Gasteiger partial charge in [-0.3, -0.25) is 4.79 Å². The number of anilines is 1. The Hall–Kier alpha value is -2.08. The fourth-order valence-corrected chi connectivity index (χ4v) is 4.73. The molecule has 0 aliphatic carbocycles. The zero-order chi connectivity index (χ0) is 19.7. The molecule has 0 saturated carbocycles. The van der Waals surface area contributed by atoms with Crippen LogP contribution in [0.1, 0.15) is 49.4 Å². The number of nitrogens with zero attached hydrogens (tertiary/aromatic N) is 5. The van der Waals surface area contributed by atoms with Gasteiger partial charge in [0.1, 0.15) is 0 Å². The summed E-state index contributed by atoms with van der Waals surface area (Å²) in [4.78, 5) is 24.8. The van der Waals surface area contributed by atoms with Crippen molar-refractivity contribution in [1.82, 2.24) is 19.4 Å². The van der Waals surface area contributed by atoms with Gasteiger partial charge in [-0.1, -0.05) is 6.92 Å². The molecular weight excluding hydrogens is 350 g/mol. The number of fused-ring (bicyclic) bond motifs is 1. The number of imidazole rings is 1. The third-order valence-corrected chi connectivity index (χ3v) is 6.60. The number of hydrogen-bond acceptors (Lipinski definition) is 4. The van der Waals surface area contributed by atoms with Crippen LogP contribution in [0.3, 0.4) is 0 Å². The third kappa shape index (κ3) is 3.62. The van der Waals surface area contributed by atoms with Crippen molar-refractivity contribution in [2.75, 3.05) is 44.7 Å². The Labute approximate surface area is 168 Å². The summed E-state index contributed by atoms with van der Waals surface area (Å²) in [6, 6.07) is 6.31. The first-order valence-corrected chi connectivity index (χ1v) is 10.8. The van der Waals surface area contributed by atoms with Gasteiger partial charge in [0.25, 0.3) is 5.91 Å². The van der Waals surface area contributed by atoms with Gasteiger partial charge in [-0.25, -0.2) is 4.98 Å². The van der Waals surface area contributed by atoms with E-state index < -0.39 is 0 Å². The Balaban J connectivity index is 1.53. The van der Waals surface area contributed by atoms with Crippen molar-refractivity contribution in [3.63, 3.8) is 0 Å². The Bertz CT molecular complexity index is 839. The van der Waals surface area contributed by atoms with Crippen molar-refractivity contribution in [2.24, 2.45) is 7.05 Å². The summed E-state index contributed by atoms with van der Waals surface area (Å²) >= 11 is 0. The van der Waals surface area contributed by atoms with Crippen molar-refractivity contribution in [3.05, 3.63) is 23.8 Å². The lowest BCUT2D eigenvalue weighted by Crippen LogP contribution is -2.37. The molecule has 2 aromatic rings. The van der Waals surface area contributed by atoms with Crippen LogP contribution >= 0.6 is 0 Å². The molecule has 1 atom stereocenters. The van der Waals surface area contributed by atoms with Crippen molar-refractivity contribution >= 4 is 22.9 Å². The summed E-state index contributed by atoms with van der Waals surface area (Å²) in [5, 5.41) is 0. The van der Waals surface area contributed by atoms with Crippen molar-refractivity contribution in [1.29, 1.82) is 0 Å². The SMILES string of the molecule is CCN1CCCC(N(C)C(=O)c2ccc3c(c2)nc(N2CCCC2)n3C)CC1. The number of aryl methyl sites for hydroxylation is 1. The number of rotatable bonds is 4. The largest absolute Gasteiger partial charge is 0.342 e. The van der Waals surface area contributed by atoms with Crippen LogP contribution in [-0.2, 0) is 7.05 Å². The Morgan fingerprint density at radius 3 is 2.68 bits per heavy atom. The molecule has 1 aromatic heterocycles. The third-order valence-electron chi connectivity index (χ3n) is 6.60. The summed E-state index contributed by atoms with van der Waals surface area (Å²) < 4.78 is 2.16. The van der Waals surface area contributed by atoms with Crippen LogP contribution in [-0.4, -0.2) is 71.1 Å². The zero-order valence-electron chi connectivity index (χ0n) is 17.5. The van der Waals surface area contributed by atoms with Gasteiger partial charge in [-0.05, 0) is 63.4 Å². The van der Waals surface area contributed by atoms with Gasteiger partial charge in [0.2, 0.25) is 5.95 Å². The van der Waals surface area contributed by atoms with Gasteiger partial charge >= 0.3 is 0 Å². The number of benzene rings is 1. The molecule has 2 aliphatic rings. The molecule has 0 radical (unpaired) electrons. The molecule has 0 N–H and O–H groups in total. The van der Waals surface area contributed by atoms with Gasteiger partial charge in [0.15, 0.2) is 0 Å². The minimum atomic E-state index is 0.116. The average molecular weight is 384 g/mol. The van der Waals surface area contributed by atoms with E-state index in [1.54, 1.807) is 0 Å². The number of amides is 1. The molecular formula is C22H33N5O. The number of carbonyl (C=O) groups is 1. The summed E-state index contributed by atoms with van der Waals surface area (Å²) in [7, 11) is 4.04. The van der Waals surface area contributed by atoms with Gasteiger partial charge in [-0.2, -0.15) is 0 Å². The van der Waals surface area contributed by atoms with Crippen molar-refractivity contribution in [3.8, 4) is 0 Å². The zero-order valence-corrected chi connectivity index (χ0v) is 17.5. The Morgan fingerprint density at radius 1 is 1.14 bits per heavy atom. The highest BCUT2D eigenvalue weighted by Crippen LogP contribution is 2.26. The van der Waals surface area contributed by atoms with E-state index in [2.05, 4.69) is 34.4 Å². The average Bonchev–Trinajstić information content (AvgIpc) is 3.28. The highest BCUT2D eigenvalue weighted by molar-refractivity contribution is 5.97. The first-order chi connectivity index (χ1) is 13.6. The molecule has 6 heteroatoms. The maximum absolute atomic E-state index is 13.2. The standard InChI is InChI=1S/C22H33N5O/c1-4-26-12-7-8-18(11-15-26)24(2)21(28)17-9-10-20-19(16-17)23-22(25(20)3)27-13-5-6-14-27/h9-10,16,18H,4-8,11-15H2,1-3H3. The van der Waals surface area contributed by atoms with Gasteiger partial charge in [0.05, 0.1) is 11.0 Å². The van der Waals surface area contributed by atoms with Crippen LogP contribution in [0.4, 0.5) is 5.95 Å². The Morgan fingerprint density at radius 2 is 1.93 bits per heavy atom. The van der Waals surface area contributed by atoms with E-state index in [9.17, 15) is 4.79 Å². The fourth-order valence-electron chi connectivity index (χ4n) is 4.73.